The smallest absolute Gasteiger partial charge is 0.188 e. The molecule has 0 aliphatic carbocycles. The third kappa shape index (κ3) is 2.47. The molecule has 3 aromatic rings. The van der Waals surface area contributed by atoms with Crippen LogP contribution in [-0.4, -0.2) is 4.98 Å². The quantitative estimate of drug-likeness (QED) is 0.660. The topological polar surface area (TPSA) is 50.9 Å². The number of fused-ring (bicyclic) bond motifs is 1. The van der Waals surface area contributed by atoms with Gasteiger partial charge in [-0.15, -0.1) is 0 Å². The van der Waals surface area contributed by atoms with Crippen LogP contribution in [0.3, 0.4) is 0 Å². The van der Waals surface area contributed by atoms with Gasteiger partial charge in [-0.2, -0.15) is 0 Å². The third-order valence-corrected chi connectivity index (χ3v) is 4.20. The summed E-state index contributed by atoms with van der Waals surface area (Å²) in [7, 11) is 0. The van der Waals surface area contributed by atoms with Crippen LogP contribution in [0.4, 0.5) is 16.5 Å². The lowest BCUT2D eigenvalue weighted by Gasteiger charge is -2.06. The molecule has 1 aromatic heterocycles. The molecule has 0 radical (unpaired) electrons. The van der Waals surface area contributed by atoms with Crippen molar-refractivity contribution >= 4 is 61.3 Å². The van der Waals surface area contributed by atoms with E-state index in [0.717, 1.165) is 21.0 Å². The van der Waals surface area contributed by atoms with Crippen LogP contribution in [0, 0.1) is 0 Å². The van der Waals surface area contributed by atoms with Gasteiger partial charge in [-0.25, -0.2) is 4.98 Å². The summed E-state index contributed by atoms with van der Waals surface area (Å²) < 4.78 is 1.12. The van der Waals surface area contributed by atoms with Gasteiger partial charge < -0.3 is 11.1 Å². The zero-order valence-corrected chi connectivity index (χ0v) is 12.0. The maximum atomic E-state index is 6.00. The predicted molar refractivity (Wildman–Crippen MR) is 83.8 cm³/mol. The van der Waals surface area contributed by atoms with Crippen molar-refractivity contribution in [2.24, 2.45) is 0 Å². The van der Waals surface area contributed by atoms with Crippen molar-refractivity contribution in [1.82, 2.24) is 4.98 Å². The first kappa shape index (κ1) is 12.5. The first-order chi connectivity index (χ1) is 9.13. The fourth-order valence-corrected chi connectivity index (χ4v) is 3.08. The molecule has 2 aromatic carbocycles. The Kier molecular flexibility index (Phi) is 3.22. The van der Waals surface area contributed by atoms with E-state index < -0.39 is 0 Å². The average Bonchev–Trinajstić information content (AvgIpc) is 2.78. The zero-order valence-electron chi connectivity index (χ0n) is 9.65. The van der Waals surface area contributed by atoms with Crippen LogP contribution in [0.25, 0.3) is 10.2 Å². The first-order valence-corrected chi connectivity index (χ1v) is 7.08. The molecule has 0 spiro atoms. The van der Waals surface area contributed by atoms with Crippen molar-refractivity contribution in [3.05, 3.63) is 46.4 Å². The van der Waals surface area contributed by atoms with Crippen LogP contribution >= 0.6 is 34.5 Å². The number of rotatable bonds is 2. The second-order valence-corrected chi connectivity index (χ2v) is 5.81. The van der Waals surface area contributed by atoms with Gasteiger partial charge in [0.2, 0.25) is 0 Å². The Labute approximate surface area is 124 Å². The number of para-hydroxylation sites is 1. The molecule has 96 valence electrons. The van der Waals surface area contributed by atoms with Gasteiger partial charge in [-0.1, -0.05) is 46.7 Å². The maximum Gasteiger partial charge on any atom is 0.188 e. The van der Waals surface area contributed by atoms with Crippen molar-refractivity contribution in [1.29, 1.82) is 0 Å². The minimum atomic E-state index is 0.387. The molecule has 0 saturated carbocycles. The van der Waals surface area contributed by atoms with E-state index in [0.29, 0.717) is 15.7 Å². The van der Waals surface area contributed by atoms with E-state index in [1.54, 1.807) is 23.5 Å². The molecule has 0 aliphatic rings. The third-order valence-electron chi connectivity index (χ3n) is 2.62. The molecular weight excluding hydrogens is 301 g/mol. The predicted octanol–water partition coefficient (Wildman–Crippen LogP) is 4.93. The highest BCUT2D eigenvalue weighted by molar-refractivity contribution is 7.22. The van der Waals surface area contributed by atoms with Crippen LogP contribution in [0.5, 0.6) is 0 Å². The van der Waals surface area contributed by atoms with Gasteiger partial charge in [0.25, 0.3) is 0 Å². The van der Waals surface area contributed by atoms with Gasteiger partial charge in [-0.3, -0.25) is 0 Å². The minimum Gasteiger partial charge on any atom is -0.396 e. The van der Waals surface area contributed by atoms with E-state index in [9.17, 15) is 0 Å². The summed E-state index contributed by atoms with van der Waals surface area (Å²) in [5.41, 5.74) is 7.82. The monoisotopic (exact) mass is 309 g/mol. The largest absolute Gasteiger partial charge is 0.396 e. The van der Waals surface area contributed by atoms with E-state index in [1.165, 1.54) is 0 Å². The molecule has 0 amide bonds. The van der Waals surface area contributed by atoms with Crippen molar-refractivity contribution < 1.29 is 0 Å². The second-order valence-electron chi connectivity index (χ2n) is 3.97. The number of hydrogen-bond acceptors (Lipinski definition) is 4. The highest BCUT2D eigenvalue weighted by Crippen LogP contribution is 2.34. The number of benzene rings is 2. The summed E-state index contributed by atoms with van der Waals surface area (Å²) in [4.78, 5) is 4.48. The molecule has 3 nitrogen and oxygen atoms in total. The van der Waals surface area contributed by atoms with Crippen LogP contribution < -0.4 is 11.1 Å². The first-order valence-electron chi connectivity index (χ1n) is 5.50. The Hall–Kier alpha value is -1.49. The zero-order chi connectivity index (χ0) is 13.4. The summed E-state index contributed by atoms with van der Waals surface area (Å²) in [6.07, 6.45) is 0. The van der Waals surface area contributed by atoms with Gasteiger partial charge in [0.15, 0.2) is 5.13 Å². The molecule has 0 atom stereocenters. The van der Waals surface area contributed by atoms with Crippen LogP contribution in [-0.2, 0) is 0 Å². The van der Waals surface area contributed by atoms with Gasteiger partial charge in [0, 0.05) is 5.69 Å². The lowest BCUT2D eigenvalue weighted by Crippen LogP contribution is -1.93. The van der Waals surface area contributed by atoms with Crippen LogP contribution in [0.1, 0.15) is 0 Å². The molecule has 0 unspecified atom stereocenters. The summed E-state index contributed by atoms with van der Waals surface area (Å²) in [6, 6.07) is 11.4. The molecule has 3 N–H and O–H groups in total. The van der Waals surface area contributed by atoms with E-state index in [-0.39, 0.29) is 0 Å². The highest BCUT2D eigenvalue weighted by Gasteiger charge is 2.07. The molecule has 3 rings (SSSR count). The number of nitrogens with two attached hydrogens (primary N) is 1. The molecule has 19 heavy (non-hydrogen) atoms. The number of nitrogens with zero attached hydrogens (tertiary/aromatic N) is 1. The summed E-state index contributed by atoms with van der Waals surface area (Å²) in [6.45, 7) is 0. The minimum absolute atomic E-state index is 0.387. The molecule has 0 saturated heterocycles. The highest BCUT2D eigenvalue weighted by atomic mass is 35.5. The van der Waals surface area contributed by atoms with Gasteiger partial charge in [-0.05, 0) is 24.3 Å². The fraction of sp³-hybridized carbons (Fsp3) is 0. The van der Waals surface area contributed by atoms with Crippen molar-refractivity contribution in [3.8, 4) is 0 Å². The number of hydrogen-bond donors (Lipinski definition) is 2. The Morgan fingerprint density at radius 3 is 2.47 bits per heavy atom. The fourth-order valence-electron chi connectivity index (χ4n) is 1.71. The van der Waals surface area contributed by atoms with Crippen molar-refractivity contribution in [3.63, 3.8) is 0 Å². The molecule has 6 heteroatoms. The normalized spacial score (nSPS) is 10.8. The van der Waals surface area contributed by atoms with E-state index in [4.69, 9.17) is 28.9 Å². The number of anilines is 3. The van der Waals surface area contributed by atoms with Crippen LogP contribution in [0.2, 0.25) is 10.0 Å². The van der Waals surface area contributed by atoms with E-state index in [2.05, 4.69) is 10.3 Å². The number of aromatic nitrogens is 1. The SMILES string of the molecule is Nc1c(Cl)cc(Nc2nc3ccccc3s2)cc1Cl. The molecule has 0 fully saturated rings. The van der Waals surface area contributed by atoms with Crippen molar-refractivity contribution in [2.75, 3.05) is 11.1 Å². The second kappa shape index (κ2) is 4.89. The summed E-state index contributed by atoms with van der Waals surface area (Å²) >= 11 is 13.6. The van der Waals surface area contributed by atoms with Gasteiger partial charge in [0.05, 0.1) is 25.9 Å². The maximum absolute atomic E-state index is 6.00. The molecule has 0 aliphatic heterocycles. The standard InChI is InChI=1S/C13H9Cl2N3S/c14-8-5-7(6-9(15)12(8)16)17-13-18-10-3-1-2-4-11(10)19-13/h1-6H,16H2,(H,17,18). The van der Waals surface area contributed by atoms with Gasteiger partial charge in [0.1, 0.15) is 0 Å². The Bertz CT molecular complexity index is 698. The Morgan fingerprint density at radius 1 is 1.11 bits per heavy atom. The lowest BCUT2D eigenvalue weighted by molar-refractivity contribution is 1.44. The molecule has 1 heterocycles. The lowest BCUT2D eigenvalue weighted by atomic mass is 10.3. The van der Waals surface area contributed by atoms with Crippen molar-refractivity contribution in [2.45, 2.75) is 0 Å². The number of thiazole rings is 1. The summed E-state index contributed by atoms with van der Waals surface area (Å²) in [5, 5.41) is 4.83. The van der Waals surface area contributed by atoms with E-state index in [1.807, 2.05) is 24.3 Å². The summed E-state index contributed by atoms with van der Waals surface area (Å²) in [5.74, 6) is 0. The Balaban J connectivity index is 1.96. The molecule has 0 bridgehead atoms. The van der Waals surface area contributed by atoms with E-state index >= 15 is 0 Å². The molecular formula is C13H9Cl2N3S. The number of halogens is 2. The van der Waals surface area contributed by atoms with Gasteiger partial charge >= 0.3 is 0 Å². The Morgan fingerprint density at radius 2 is 1.79 bits per heavy atom. The number of nitrogen functional groups attached to an aromatic ring is 1. The average molecular weight is 310 g/mol. The number of nitrogens with one attached hydrogen (secondary N) is 1. The van der Waals surface area contributed by atoms with Crippen LogP contribution in [0.15, 0.2) is 36.4 Å².